The van der Waals surface area contributed by atoms with Gasteiger partial charge in [-0.2, -0.15) is 0 Å². The number of hydrogen-bond donors (Lipinski definition) is 2. The Morgan fingerprint density at radius 2 is 1.59 bits per heavy atom. The molecule has 0 aliphatic heterocycles. The summed E-state index contributed by atoms with van der Waals surface area (Å²) in [7, 11) is 0. The predicted molar refractivity (Wildman–Crippen MR) is 88.3 cm³/mol. The fraction of sp³-hybridized carbons (Fsp3) is 1.00. The number of rotatable bonds is 0. The van der Waals surface area contributed by atoms with E-state index in [1.54, 1.807) is 0 Å². The first-order valence-corrected chi connectivity index (χ1v) is 9.72. The average molecular weight is 306 g/mol. The number of aliphatic hydroxyl groups is 2. The minimum atomic E-state index is -0.0724. The minimum absolute atomic E-state index is 0.0592. The lowest BCUT2D eigenvalue weighted by molar-refractivity contribution is -0.145. The van der Waals surface area contributed by atoms with Crippen LogP contribution in [-0.2, 0) is 0 Å². The Hall–Kier alpha value is -0.0800. The minimum Gasteiger partial charge on any atom is -0.393 e. The van der Waals surface area contributed by atoms with Crippen LogP contribution in [0.5, 0.6) is 0 Å². The Labute approximate surface area is 135 Å². The Balaban J connectivity index is 1.63. The van der Waals surface area contributed by atoms with Crippen molar-refractivity contribution in [1.29, 1.82) is 0 Å². The van der Waals surface area contributed by atoms with Crippen LogP contribution in [0, 0.1) is 40.4 Å². The highest BCUT2D eigenvalue weighted by Crippen LogP contribution is 2.66. The van der Waals surface area contributed by atoms with E-state index in [9.17, 15) is 10.2 Å². The van der Waals surface area contributed by atoms with Crippen LogP contribution in [0.4, 0.5) is 0 Å². The van der Waals surface area contributed by atoms with Gasteiger partial charge >= 0.3 is 0 Å². The Kier molecular flexibility index (Phi) is 3.48. The second kappa shape index (κ2) is 4.96. The maximum Gasteiger partial charge on any atom is 0.0596 e. The van der Waals surface area contributed by atoms with E-state index in [1.807, 2.05) is 0 Å². The molecule has 4 rings (SSSR count). The molecule has 0 saturated heterocycles. The summed E-state index contributed by atoms with van der Waals surface area (Å²) in [6, 6.07) is 0. The average Bonchev–Trinajstić information content (AvgIpc) is 2.77. The lowest BCUT2D eigenvalue weighted by Gasteiger charge is -2.61. The Bertz CT molecular complexity index is 449. The molecule has 126 valence electrons. The van der Waals surface area contributed by atoms with E-state index in [1.165, 1.54) is 38.5 Å². The van der Waals surface area contributed by atoms with Gasteiger partial charge in [-0.15, -0.1) is 0 Å². The normalized spacial score (nSPS) is 61.2. The lowest BCUT2D eigenvalue weighted by Crippen LogP contribution is -2.55. The smallest absolute Gasteiger partial charge is 0.0596 e. The molecule has 4 aliphatic carbocycles. The predicted octanol–water partition coefficient (Wildman–Crippen LogP) is 4.00. The summed E-state index contributed by atoms with van der Waals surface area (Å²) >= 11 is 0. The summed E-state index contributed by atoms with van der Waals surface area (Å²) in [5.41, 5.74) is 0.639. The highest BCUT2D eigenvalue weighted by atomic mass is 16.3. The van der Waals surface area contributed by atoms with Crippen LogP contribution >= 0.6 is 0 Å². The molecule has 0 aromatic rings. The van der Waals surface area contributed by atoms with Gasteiger partial charge < -0.3 is 10.2 Å². The molecule has 0 radical (unpaired) electrons. The maximum atomic E-state index is 10.5. The zero-order chi connectivity index (χ0) is 15.7. The van der Waals surface area contributed by atoms with Crippen LogP contribution in [0.2, 0.25) is 0 Å². The molecule has 9 atom stereocenters. The Morgan fingerprint density at radius 1 is 0.864 bits per heavy atom. The quantitative estimate of drug-likeness (QED) is 0.710. The first kappa shape index (κ1) is 15.4. The van der Waals surface area contributed by atoms with Gasteiger partial charge in [0, 0.05) is 0 Å². The molecule has 0 spiro atoms. The standard InChI is InChI=1S/C20H34O2/c1-12-11-20(3)13(10-17(12)21)4-5-14-15-6-7-18(22)19(15,2)9-8-16(14)20/h12-18,21-22H,4-11H2,1-3H3/t12-,13-,14-,15-,16-,17-,18-,19-,20-/m0/s1. The molecular weight excluding hydrogens is 272 g/mol. The first-order valence-electron chi connectivity index (χ1n) is 9.72. The van der Waals surface area contributed by atoms with Gasteiger partial charge in [0.2, 0.25) is 0 Å². The van der Waals surface area contributed by atoms with Gasteiger partial charge in [-0.1, -0.05) is 20.8 Å². The Morgan fingerprint density at radius 3 is 2.36 bits per heavy atom. The second-order valence-electron chi connectivity index (χ2n) is 9.78. The zero-order valence-corrected chi connectivity index (χ0v) is 14.6. The van der Waals surface area contributed by atoms with Crippen LogP contribution in [0.25, 0.3) is 0 Å². The monoisotopic (exact) mass is 306 g/mol. The van der Waals surface area contributed by atoms with Crippen LogP contribution in [0.3, 0.4) is 0 Å². The largest absolute Gasteiger partial charge is 0.393 e. The lowest BCUT2D eigenvalue weighted by atomic mass is 9.44. The van der Waals surface area contributed by atoms with Crippen molar-refractivity contribution in [2.24, 2.45) is 40.4 Å². The molecule has 4 saturated carbocycles. The summed E-state index contributed by atoms with van der Waals surface area (Å²) in [6.07, 6.45) is 9.58. The van der Waals surface area contributed by atoms with Gasteiger partial charge in [0.05, 0.1) is 12.2 Å². The third-order valence-corrected chi connectivity index (χ3v) is 8.96. The fourth-order valence-corrected chi connectivity index (χ4v) is 7.57. The molecule has 0 aromatic carbocycles. The van der Waals surface area contributed by atoms with Crippen molar-refractivity contribution in [3.63, 3.8) is 0 Å². The topological polar surface area (TPSA) is 40.5 Å². The number of fused-ring (bicyclic) bond motifs is 5. The molecule has 4 fully saturated rings. The van der Waals surface area contributed by atoms with Crippen LogP contribution < -0.4 is 0 Å². The summed E-state index contributed by atoms with van der Waals surface area (Å²) in [5, 5.41) is 20.8. The molecule has 0 amide bonds. The molecule has 22 heavy (non-hydrogen) atoms. The molecule has 0 heterocycles. The van der Waals surface area contributed by atoms with Gasteiger partial charge in [0.1, 0.15) is 0 Å². The summed E-state index contributed by atoms with van der Waals surface area (Å²) in [4.78, 5) is 0. The van der Waals surface area contributed by atoms with E-state index in [4.69, 9.17) is 0 Å². The van der Waals surface area contributed by atoms with Crippen LogP contribution in [-0.4, -0.2) is 22.4 Å². The van der Waals surface area contributed by atoms with Gasteiger partial charge in [0.15, 0.2) is 0 Å². The van der Waals surface area contributed by atoms with Crippen LogP contribution in [0.15, 0.2) is 0 Å². The van der Waals surface area contributed by atoms with Crippen molar-refractivity contribution in [2.45, 2.75) is 84.3 Å². The molecule has 2 nitrogen and oxygen atoms in total. The van der Waals surface area contributed by atoms with E-state index in [-0.39, 0.29) is 17.6 Å². The van der Waals surface area contributed by atoms with E-state index in [0.717, 1.165) is 36.5 Å². The molecule has 2 N–H and O–H groups in total. The van der Waals surface area contributed by atoms with E-state index < -0.39 is 0 Å². The van der Waals surface area contributed by atoms with Gasteiger partial charge in [-0.05, 0) is 91.8 Å². The van der Waals surface area contributed by atoms with Crippen molar-refractivity contribution >= 4 is 0 Å². The van der Waals surface area contributed by atoms with Gasteiger partial charge in [0.25, 0.3) is 0 Å². The molecular formula is C20H34O2. The van der Waals surface area contributed by atoms with E-state index >= 15 is 0 Å². The zero-order valence-electron chi connectivity index (χ0n) is 14.6. The van der Waals surface area contributed by atoms with Gasteiger partial charge in [-0.25, -0.2) is 0 Å². The summed E-state index contributed by atoms with van der Waals surface area (Å²) in [5.74, 6) is 3.61. The first-order chi connectivity index (χ1) is 10.4. The molecule has 2 heteroatoms. The number of hydrogen-bond acceptors (Lipinski definition) is 2. The van der Waals surface area contributed by atoms with Crippen LogP contribution in [0.1, 0.15) is 72.1 Å². The summed E-state index contributed by atoms with van der Waals surface area (Å²) < 4.78 is 0. The van der Waals surface area contributed by atoms with Crippen molar-refractivity contribution in [2.75, 3.05) is 0 Å². The van der Waals surface area contributed by atoms with Crippen molar-refractivity contribution < 1.29 is 10.2 Å². The van der Waals surface area contributed by atoms with Crippen molar-refractivity contribution in [3.8, 4) is 0 Å². The molecule has 0 bridgehead atoms. The van der Waals surface area contributed by atoms with Gasteiger partial charge in [-0.3, -0.25) is 0 Å². The molecule has 0 unspecified atom stereocenters. The van der Waals surface area contributed by atoms with E-state index in [2.05, 4.69) is 20.8 Å². The SMILES string of the molecule is C[C@H]1C[C@@]2(C)[C@@H](CC[C@@H]3[C@@H]2CC[C@]2(C)[C@@H](O)CC[C@@H]32)C[C@@H]1O. The number of aliphatic hydroxyl groups excluding tert-OH is 2. The highest BCUT2D eigenvalue weighted by molar-refractivity contribution is 5.09. The van der Waals surface area contributed by atoms with Crippen molar-refractivity contribution in [1.82, 2.24) is 0 Å². The van der Waals surface area contributed by atoms with Crippen molar-refractivity contribution in [3.05, 3.63) is 0 Å². The highest BCUT2D eigenvalue weighted by Gasteiger charge is 2.60. The third-order valence-electron chi connectivity index (χ3n) is 8.96. The molecule has 0 aromatic heterocycles. The molecule has 4 aliphatic rings. The second-order valence-corrected chi connectivity index (χ2v) is 9.78. The fourth-order valence-electron chi connectivity index (χ4n) is 7.57. The maximum absolute atomic E-state index is 10.5. The summed E-state index contributed by atoms with van der Waals surface area (Å²) in [6.45, 7) is 7.17. The van der Waals surface area contributed by atoms with E-state index in [0.29, 0.717) is 11.3 Å². The third kappa shape index (κ3) is 1.92.